The van der Waals surface area contributed by atoms with Crippen molar-refractivity contribution in [2.24, 2.45) is 0 Å². The van der Waals surface area contributed by atoms with Gasteiger partial charge in [-0.15, -0.1) is 0 Å². The van der Waals surface area contributed by atoms with Crippen LogP contribution < -0.4 is 10.6 Å². The zero-order valence-corrected chi connectivity index (χ0v) is 13.7. The highest BCUT2D eigenvalue weighted by molar-refractivity contribution is 5.95. The third kappa shape index (κ3) is 4.85. The van der Waals surface area contributed by atoms with Gasteiger partial charge in [0, 0.05) is 24.3 Å². The van der Waals surface area contributed by atoms with E-state index < -0.39 is 17.6 Å². The second-order valence-corrected chi connectivity index (χ2v) is 5.70. The number of halogens is 3. The van der Waals surface area contributed by atoms with Gasteiger partial charge in [0.15, 0.2) is 0 Å². The summed E-state index contributed by atoms with van der Waals surface area (Å²) in [5.41, 5.74) is -0.256. The van der Waals surface area contributed by atoms with Crippen LogP contribution in [0.5, 0.6) is 0 Å². The monoisotopic (exact) mass is 353 g/mol. The first-order valence-electron chi connectivity index (χ1n) is 7.59. The molecule has 1 heterocycles. The van der Waals surface area contributed by atoms with Crippen LogP contribution in [-0.4, -0.2) is 29.4 Å². The van der Waals surface area contributed by atoms with E-state index in [4.69, 9.17) is 0 Å². The molecule has 0 saturated heterocycles. The summed E-state index contributed by atoms with van der Waals surface area (Å²) in [5, 5.41) is 5.29. The quantitative estimate of drug-likeness (QED) is 0.773. The van der Waals surface area contributed by atoms with E-state index in [1.807, 2.05) is 0 Å². The molecule has 1 aromatic carbocycles. The SMILES string of the molecule is Cc1cc(C(=O)NC[C@H](C)NC(=O)c2ccc[nH]2)ccc1C(F)(F)F. The number of benzene rings is 1. The van der Waals surface area contributed by atoms with Crippen LogP contribution in [0, 0.1) is 6.92 Å². The summed E-state index contributed by atoms with van der Waals surface area (Å²) in [4.78, 5) is 26.7. The largest absolute Gasteiger partial charge is 0.416 e. The van der Waals surface area contributed by atoms with Crippen LogP contribution in [-0.2, 0) is 6.18 Å². The van der Waals surface area contributed by atoms with Gasteiger partial charge in [0.05, 0.1) is 5.56 Å². The van der Waals surface area contributed by atoms with Gasteiger partial charge in [-0.3, -0.25) is 9.59 Å². The molecule has 2 amide bonds. The van der Waals surface area contributed by atoms with Gasteiger partial charge in [-0.1, -0.05) is 0 Å². The molecule has 1 aromatic heterocycles. The Hall–Kier alpha value is -2.77. The fourth-order valence-electron chi connectivity index (χ4n) is 2.29. The number of aryl methyl sites for hydroxylation is 1. The highest BCUT2D eigenvalue weighted by Crippen LogP contribution is 2.31. The molecule has 0 bridgehead atoms. The smallest absolute Gasteiger partial charge is 0.357 e. The molecule has 0 aliphatic heterocycles. The lowest BCUT2D eigenvalue weighted by Gasteiger charge is -2.15. The minimum atomic E-state index is -4.45. The van der Waals surface area contributed by atoms with Crippen LogP contribution in [0.25, 0.3) is 0 Å². The number of alkyl halides is 3. The molecule has 1 atom stereocenters. The molecule has 2 rings (SSSR count). The van der Waals surface area contributed by atoms with E-state index in [9.17, 15) is 22.8 Å². The van der Waals surface area contributed by atoms with Crippen LogP contribution >= 0.6 is 0 Å². The molecule has 25 heavy (non-hydrogen) atoms. The fourth-order valence-corrected chi connectivity index (χ4v) is 2.29. The summed E-state index contributed by atoms with van der Waals surface area (Å²) in [6.45, 7) is 3.16. The Kier molecular flexibility index (Phi) is 5.51. The Morgan fingerprint density at radius 1 is 1.20 bits per heavy atom. The van der Waals surface area contributed by atoms with Gasteiger partial charge in [-0.2, -0.15) is 13.2 Å². The minimum absolute atomic E-state index is 0.0201. The third-order valence-electron chi connectivity index (χ3n) is 3.58. The fraction of sp³-hybridized carbons (Fsp3) is 0.294. The molecule has 0 fully saturated rings. The molecule has 8 heteroatoms. The number of nitrogens with one attached hydrogen (secondary N) is 3. The first kappa shape index (κ1) is 18.6. The van der Waals surface area contributed by atoms with E-state index in [-0.39, 0.29) is 29.6 Å². The van der Waals surface area contributed by atoms with Gasteiger partial charge in [0.2, 0.25) is 0 Å². The molecule has 2 aromatic rings. The number of hydrogen-bond acceptors (Lipinski definition) is 2. The predicted molar refractivity (Wildman–Crippen MR) is 86.2 cm³/mol. The maximum absolute atomic E-state index is 12.7. The Labute approximate surface area is 142 Å². The molecule has 0 unspecified atom stereocenters. The third-order valence-corrected chi connectivity index (χ3v) is 3.58. The maximum atomic E-state index is 12.7. The Morgan fingerprint density at radius 2 is 1.92 bits per heavy atom. The van der Waals surface area contributed by atoms with E-state index in [1.165, 1.54) is 13.0 Å². The van der Waals surface area contributed by atoms with Gasteiger partial charge < -0.3 is 15.6 Å². The van der Waals surface area contributed by atoms with E-state index in [1.54, 1.807) is 25.3 Å². The zero-order chi connectivity index (χ0) is 18.6. The van der Waals surface area contributed by atoms with Crippen molar-refractivity contribution in [1.29, 1.82) is 0 Å². The number of amides is 2. The summed E-state index contributed by atoms with van der Waals surface area (Å²) in [6, 6.07) is 6.17. The lowest BCUT2D eigenvalue weighted by Crippen LogP contribution is -2.41. The Bertz CT molecular complexity index is 755. The summed E-state index contributed by atoms with van der Waals surface area (Å²) < 4.78 is 38.2. The number of hydrogen-bond donors (Lipinski definition) is 3. The molecule has 3 N–H and O–H groups in total. The Morgan fingerprint density at radius 3 is 2.48 bits per heavy atom. The van der Waals surface area contributed by atoms with E-state index in [0.717, 1.165) is 12.1 Å². The minimum Gasteiger partial charge on any atom is -0.357 e. The molecule has 134 valence electrons. The lowest BCUT2D eigenvalue weighted by atomic mass is 10.0. The molecule has 0 spiro atoms. The standard InChI is InChI=1S/C17H18F3N3O2/c1-10-8-12(5-6-13(10)17(18,19)20)15(24)22-9-11(2)23-16(25)14-4-3-7-21-14/h3-8,11,21H,9H2,1-2H3,(H,22,24)(H,23,25)/t11-/m0/s1. The topological polar surface area (TPSA) is 74.0 Å². The van der Waals surface area contributed by atoms with Crippen LogP contribution in [0.4, 0.5) is 13.2 Å². The summed E-state index contributed by atoms with van der Waals surface area (Å²) >= 11 is 0. The van der Waals surface area contributed by atoms with Gasteiger partial charge in [-0.25, -0.2) is 0 Å². The summed E-state index contributed by atoms with van der Waals surface area (Å²) in [6.07, 6.45) is -2.83. The summed E-state index contributed by atoms with van der Waals surface area (Å²) in [7, 11) is 0. The number of aromatic amines is 1. The first-order valence-corrected chi connectivity index (χ1v) is 7.59. The second kappa shape index (κ2) is 7.42. The zero-order valence-electron chi connectivity index (χ0n) is 13.7. The average molecular weight is 353 g/mol. The van der Waals surface area contributed by atoms with Gasteiger partial charge in [0.25, 0.3) is 11.8 Å². The second-order valence-electron chi connectivity index (χ2n) is 5.70. The van der Waals surface area contributed by atoms with E-state index in [2.05, 4.69) is 15.6 Å². The van der Waals surface area contributed by atoms with Crippen molar-refractivity contribution < 1.29 is 22.8 Å². The molecule has 0 radical (unpaired) electrons. The number of rotatable bonds is 5. The lowest BCUT2D eigenvalue weighted by molar-refractivity contribution is -0.138. The molecule has 5 nitrogen and oxygen atoms in total. The van der Waals surface area contributed by atoms with Crippen LogP contribution in [0.15, 0.2) is 36.5 Å². The number of carbonyl (C=O) groups excluding carboxylic acids is 2. The molecule has 0 saturated carbocycles. The normalized spacial score (nSPS) is 12.5. The van der Waals surface area contributed by atoms with Crippen molar-refractivity contribution in [3.63, 3.8) is 0 Å². The average Bonchev–Trinajstić information content (AvgIpc) is 3.05. The van der Waals surface area contributed by atoms with Crippen molar-refractivity contribution in [3.8, 4) is 0 Å². The van der Waals surface area contributed by atoms with Crippen LogP contribution in [0.2, 0.25) is 0 Å². The summed E-state index contributed by atoms with van der Waals surface area (Å²) in [5.74, 6) is -0.810. The Balaban J connectivity index is 1.91. The molecule has 0 aliphatic carbocycles. The van der Waals surface area contributed by atoms with Crippen molar-refractivity contribution in [3.05, 3.63) is 58.9 Å². The maximum Gasteiger partial charge on any atom is 0.416 e. The molecular weight excluding hydrogens is 335 g/mol. The van der Waals surface area contributed by atoms with Crippen molar-refractivity contribution in [1.82, 2.24) is 15.6 Å². The van der Waals surface area contributed by atoms with Crippen molar-refractivity contribution in [2.45, 2.75) is 26.1 Å². The highest BCUT2D eigenvalue weighted by atomic mass is 19.4. The van der Waals surface area contributed by atoms with Crippen molar-refractivity contribution >= 4 is 11.8 Å². The van der Waals surface area contributed by atoms with Gasteiger partial charge in [0.1, 0.15) is 5.69 Å². The molecule has 0 aliphatic rings. The number of carbonyl (C=O) groups is 2. The predicted octanol–water partition coefficient (Wildman–Crippen LogP) is 2.89. The first-order chi connectivity index (χ1) is 11.7. The number of aromatic nitrogens is 1. The van der Waals surface area contributed by atoms with Gasteiger partial charge >= 0.3 is 6.18 Å². The van der Waals surface area contributed by atoms with Crippen molar-refractivity contribution in [2.75, 3.05) is 6.54 Å². The number of H-pyrrole nitrogens is 1. The highest BCUT2D eigenvalue weighted by Gasteiger charge is 2.32. The van der Waals surface area contributed by atoms with Crippen LogP contribution in [0.3, 0.4) is 0 Å². The van der Waals surface area contributed by atoms with E-state index >= 15 is 0 Å². The molecular formula is C17H18F3N3O2. The van der Waals surface area contributed by atoms with Gasteiger partial charge in [-0.05, 0) is 49.7 Å². The van der Waals surface area contributed by atoms with Crippen LogP contribution in [0.1, 0.15) is 38.9 Å². The van der Waals surface area contributed by atoms with E-state index in [0.29, 0.717) is 5.69 Å².